The Hall–Kier alpha value is -8.40. The van der Waals surface area contributed by atoms with E-state index in [-0.39, 0.29) is 0 Å². The second-order valence-corrected chi connectivity index (χ2v) is 16.1. The summed E-state index contributed by atoms with van der Waals surface area (Å²) in [6, 6.07) is 86.9. The monoisotopic (exact) mass is 804 g/mol. The fraction of sp³-hybridized carbons (Fsp3) is 0. The zero-order valence-electron chi connectivity index (χ0n) is 34.4. The molecule has 11 aromatic carbocycles. The van der Waals surface area contributed by atoms with Crippen molar-refractivity contribution in [1.29, 1.82) is 0 Å². The zero-order valence-corrected chi connectivity index (χ0v) is 34.4. The quantitative estimate of drug-likeness (QED) is 0.153. The molecule has 0 aliphatic heterocycles. The number of nitrogens with zero attached hydrogens (tertiary/aromatic N) is 2. The molecule has 0 atom stereocenters. The van der Waals surface area contributed by atoms with Crippen LogP contribution < -0.4 is 9.80 Å². The first-order valence-corrected chi connectivity index (χ1v) is 21.5. The van der Waals surface area contributed by atoms with Gasteiger partial charge in [-0.25, -0.2) is 0 Å². The van der Waals surface area contributed by atoms with Gasteiger partial charge in [0, 0.05) is 50.4 Å². The third-order valence-electron chi connectivity index (χ3n) is 12.4. The van der Waals surface area contributed by atoms with Crippen LogP contribution >= 0.6 is 0 Å². The summed E-state index contributed by atoms with van der Waals surface area (Å²) in [6.45, 7) is 0. The number of rotatable bonds is 8. The van der Waals surface area contributed by atoms with Crippen LogP contribution in [-0.2, 0) is 0 Å². The van der Waals surface area contributed by atoms with Crippen molar-refractivity contribution in [3.63, 3.8) is 0 Å². The molecule has 1 heterocycles. The number of hydrogen-bond acceptors (Lipinski definition) is 3. The number of hydrogen-bond donors (Lipinski definition) is 0. The van der Waals surface area contributed by atoms with E-state index in [1.807, 2.05) is 0 Å². The van der Waals surface area contributed by atoms with Gasteiger partial charge >= 0.3 is 0 Å². The van der Waals surface area contributed by atoms with E-state index in [1.165, 1.54) is 38.2 Å². The standard InChI is InChI=1S/C60H40N2O/c1-4-16-41(17-5-1)42-28-33-47(34-29-42)61(45-19-6-2-7-20-45)48-35-30-44(31-36-48)49-37-38-55(52-25-13-12-24-51(49)52)62(46-21-8-3-9-22-46)56-40-58-60(54-27-15-14-26-53(54)56)59-50-23-11-10-18-43(50)32-39-57(59)63-58/h1-40H. The fourth-order valence-corrected chi connectivity index (χ4v) is 9.53. The highest BCUT2D eigenvalue weighted by Crippen LogP contribution is 2.48. The molecular formula is C60H40N2O. The van der Waals surface area contributed by atoms with Gasteiger partial charge in [-0.2, -0.15) is 0 Å². The molecule has 1 aromatic heterocycles. The molecule has 3 heteroatoms. The Balaban J connectivity index is 0.987. The number of furan rings is 1. The molecule has 0 N–H and O–H groups in total. The Morgan fingerprint density at radius 1 is 0.270 bits per heavy atom. The molecule has 0 aliphatic rings. The highest BCUT2D eigenvalue weighted by Gasteiger charge is 2.23. The second kappa shape index (κ2) is 15.3. The van der Waals surface area contributed by atoms with E-state index in [4.69, 9.17) is 4.42 Å². The van der Waals surface area contributed by atoms with E-state index in [1.54, 1.807) is 0 Å². The van der Waals surface area contributed by atoms with Crippen LogP contribution in [0.1, 0.15) is 0 Å². The third-order valence-corrected chi connectivity index (χ3v) is 12.4. The molecule has 0 aliphatic carbocycles. The van der Waals surface area contributed by atoms with Crippen molar-refractivity contribution in [3.8, 4) is 22.3 Å². The Labute approximate surface area is 365 Å². The van der Waals surface area contributed by atoms with Crippen molar-refractivity contribution in [3.05, 3.63) is 243 Å². The predicted molar refractivity (Wildman–Crippen MR) is 266 cm³/mol. The first-order valence-electron chi connectivity index (χ1n) is 21.5. The summed E-state index contributed by atoms with van der Waals surface area (Å²) in [7, 11) is 0. The lowest BCUT2D eigenvalue weighted by molar-refractivity contribution is 0.669. The number of fused-ring (bicyclic) bond motifs is 8. The predicted octanol–water partition coefficient (Wildman–Crippen LogP) is 17.3. The van der Waals surface area contributed by atoms with Gasteiger partial charge in [0.05, 0.1) is 11.4 Å². The molecule has 0 unspecified atom stereocenters. The van der Waals surface area contributed by atoms with Crippen molar-refractivity contribution in [1.82, 2.24) is 0 Å². The molecule has 0 spiro atoms. The Kier molecular flexibility index (Phi) is 8.83. The topological polar surface area (TPSA) is 19.6 Å². The molecule has 0 saturated carbocycles. The third kappa shape index (κ3) is 6.29. The maximum atomic E-state index is 6.77. The van der Waals surface area contributed by atoms with Gasteiger partial charge in [0.1, 0.15) is 11.2 Å². The first-order chi connectivity index (χ1) is 31.3. The Bertz CT molecular complexity index is 3600. The summed E-state index contributed by atoms with van der Waals surface area (Å²) in [5.41, 5.74) is 13.0. The molecule has 0 bridgehead atoms. The van der Waals surface area contributed by atoms with E-state index in [0.29, 0.717) is 0 Å². The zero-order chi connectivity index (χ0) is 41.7. The van der Waals surface area contributed by atoms with Crippen molar-refractivity contribution in [2.24, 2.45) is 0 Å². The minimum Gasteiger partial charge on any atom is -0.456 e. The number of para-hydroxylation sites is 2. The summed E-state index contributed by atoms with van der Waals surface area (Å²) in [6.07, 6.45) is 0. The van der Waals surface area contributed by atoms with E-state index >= 15 is 0 Å². The summed E-state index contributed by atoms with van der Waals surface area (Å²) in [5, 5.41) is 9.37. The largest absolute Gasteiger partial charge is 0.456 e. The van der Waals surface area contributed by atoms with Crippen molar-refractivity contribution >= 4 is 88.4 Å². The van der Waals surface area contributed by atoms with Crippen LogP contribution in [0, 0.1) is 0 Å². The molecule has 12 aromatic rings. The van der Waals surface area contributed by atoms with Gasteiger partial charge in [-0.15, -0.1) is 0 Å². The molecular weight excluding hydrogens is 765 g/mol. The van der Waals surface area contributed by atoms with Crippen LogP contribution in [0.2, 0.25) is 0 Å². The average Bonchev–Trinajstić information content (AvgIpc) is 3.75. The Morgan fingerprint density at radius 3 is 1.41 bits per heavy atom. The van der Waals surface area contributed by atoms with Gasteiger partial charge in [-0.05, 0) is 104 Å². The lowest BCUT2D eigenvalue weighted by Crippen LogP contribution is -2.11. The van der Waals surface area contributed by atoms with Gasteiger partial charge in [-0.1, -0.05) is 176 Å². The van der Waals surface area contributed by atoms with Crippen LogP contribution in [0.4, 0.5) is 34.1 Å². The van der Waals surface area contributed by atoms with Gasteiger partial charge in [0.25, 0.3) is 0 Å². The Morgan fingerprint density at radius 2 is 0.746 bits per heavy atom. The highest BCUT2D eigenvalue weighted by molar-refractivity contribution is 6.28. The van der Waals surface area contributed by atoms with Crippen LogP contribution in [0.3, 0.4) is 0 Å². The summed E-state index contributed by atoms with van der Waals surface area (Å²) >= 11 is 0. The SMILES string of the molecule is c1ccc(-c2ccc(N(c3ccccc3)c3ccc(-c4ccc(N(c5ccccc5)c5cc6oc7ccc8ccccc8c7c6c6ccccc56)c5ccccc45)cc3)cc2)cc1. The molecule has 3 nitrogen and oxygen atoms in total. The molecule has 296 valence electrons. The van der Waals surface area contributed by atoms with Crippen molar-refractivity contribution in [2.75, 3.05) is 9.80 Å². The second-order valence-electron chi connectivity index (χ2n) is 16.1. The molecule has 0 radical (unpaired) electrons. The van der Waals surface area contributed by atoms with E-state index in [2.05, 4.69) is 252 Å². The molecule has 12 rings (SSSR count). The minimum absolute atomic E-state index is 0.869. The number of benzene rings is 11. The van der Waals surface area contributed by atoms with Crippen molar-refractivity contribution < 1.29 is 4.42 Å². The average molecular weight is 805 g/mol. The van der Waals surface area contributed by atoms with E-state index < -0.39 is 0 Å². The van der Waals surface area contributed by atoms with Crippen LogP contribution in [0.25, 0.3) is 76.5 Å². The normalized spacial score (nSPS) is 11.5. The van der Waals surface area contributed by atoms with Gasteiger partial charge in [-0.3, -0.25) is 0 Å². The van der Waals surface area contributed by atoms with Crippen LogP contribution in [0.5, 0.6) is 0 Å². The fourth-order valence-electron chi connectivity index (χ4n) is 9.53. The van der Waals surface area contributed by atoms with Gasteiger partial charge in [0.2, 0.25) is 0 Å². The number of anilines is 6. The molecule has 63 heavy (non-hydrogen) atoms. The first kappa shape index (κ1) is 36.5. The smallest absolute Gasteiger partial charge is 0.138 e. The maximum Gasteiger partial charge on any atom is 0.138 e. The highest BCUT2D eigenvalue weighted by atomic mass is 16.3. The summed E-state index contributed by atoms with van der Waals surface area (Å²) < 4.78 is 6.77. The van der Waals surface area contributed by atoms with Crippen molar-refractivity contribution in [2.45, 2.75) is 0 Å². The van der Waals surface area contributed by atoms with Crippen LogP contribution in [-0.4, -0.2) is 0 Å². The molecule has 0 amide bonds. The van der Waals surface area contributed by atoms with E-state index in [0.717, 1.165) is 72.4 Å². The minimum atomic E-state index is 0.869. The lowest BCUT2D eigenvalue weighted by Gasteiger charge is -2.29. The van der Waals surface area contributed by atoms with E-state index in [9.17, 15) is 0 Å². The summed E-state index contributed by atoms with van der Waals surface area (Å²) in [5.74, 6) is 0. The van der Waals surface area contributed by atoms with Crippen LogP contribution in [0.15, 0.2) is 247 Å². The maximum absolute atomic E-state index is 6.77. The summed E-state index contributed by atoms with van der Waals surface area (Å²) in [4.78, 5) is 4.73. The molecule has 0 saturated heterocycles. The lowest BCUT2D eigenvalue weighted by atomic mass is 9.95. The van der Waals surface area contributed by atoms with Gasteiger partial charge < -0.3 is 14.2 Å². The molecule has 0 fully saturated rings. The van der Waals surface area contributed by atoms with Gasteiger partial charge in [0.15, 0.2) is 0 Å².